The van der Waals surface area contributed by atoms with Crippen LogP contribution < -0.4 is 0 Å². The molecule has 1 rings (SSSR count). The Morgan fingerprint density at radius 1 is 1.44 bits per heavy atom. The summed E-state index contributed by atoms with van der Waals surface area (Å²) in [6.07, 6.45) is 3.89. The Bertz CT molecular complexity index is 424. The number of rotatable bonds is 5. The van der Waals surface area contributed by atoms with Crippen LogP contribution >= 0.6 is 0 Å². The highest BCUT2D eigenvalue weighted by Gasteiger charge is 2.05. The number of carboxylic acid groups (broad SMARTS) is 1. The van der Waals surface area contributed by atoms with Crippen LogP contribution in [0.15, 0.2) is 24.3 Å². The van der Waals surface area contributed by atoms with Crippen molar-refractivity contribution in [1.29, 1.82) is 0 Å². The predicted molar refractivity (Wildman–Crippen MR) is 57.5 cm³/mol. The highest BCUT2D eigenvalue weighted by Crippen LogP contribution is 2.14. The van der Waals surface area contributed by atoms with E-state index in [9.17, 15) is 14.0 Å². The molecule has 0 atom stereocenters. The maximum absolute atomic E-state index is 12.9. The average molecular weight is 222 g/mol. The van der Waals surface area contributed by atoms with Crippen LogP contribution in [0.5, 0.6) is 0 Å². The van der Waals surface area contributed by atoms with Gasteiger partial charge in [0.15, 0.2) is 0 Å². The SMILES string of the molecule is O=CCC=Cc1cc(F)ccc1CC(=O)O. The highest BCUT2D eigenvalue weighted by atomic mass is 19.1. The fraction of sp³-hybridized carbons (Fsp3) is 0.167. The molecule has 16 heavy (non-hydrogen) atoms. The van der Waals surface area contributed by atoms with E-state index in [1.54, 1.807) is 12.2 Å². The van der Waals surface area contributed by atoms with Crippen LogP contribution in [-0.2, 0) is 16.0 Å². The maximum Gasteiger partial charge on any atom is 0.307 e. The second kappa shape index (κ2) is 5.80. The molecule has 0 fully saturated rings. The van der Waals surface area contributed by atoms with Crippen LogP contribution in [0.2, 0.25) is 0 Å². The lowest BCUT2D eigenvalue weighted by Gasteiger charge is -2.03. The van der Waals surface area contributed by atoms with Crippen LogP contribution in [0.4, 0.5) is 4.39 Å². The van der Waals surface area contributed by atoms with Gasteiger partial charge in [0.05, 0.1) is 6.42 Å². The van der Waals surface area contributed by atoms with E-state index >= 15 is 0 Å². The summed E-state index contributed by atoms with van der Waals surface area (Å²) in [5, 5.41) is 8.66. The molecule has 0 bridgehead atoms. The summed E-state index contributed by atoms with van der Waals surface area (Å²) in [5.41, 5.74) is 1.01. The Hall–Kier alpha value is -1.97. The lowest BCUT2D eigenvalue weighted by atomic mass is 10.0. The van der Waals surface area contributed by atoms with E-state index in [-0.39, 0.29) is 12.8 Å². The number of aldehydes is 1. The molecular formula is C12H11FO3. The van der Waals surface area contributed by atoms with Crippen molar-refractivity contribution in [2.75, 3.05) is 0 Å². The third-order valence-electron chi connectivity index (χ3n) is 1.98. The number of hydrogen-bond acceptors (Lipinski definition) is 2. The molecule has 0 aliphatic carbocycles. The predicted octanol–water partition coefficient (Wildman–Crippen LogP) is 2.05. The van der Waals surface area contributed by atoms with Crippen LogP contribution in [-0.4, -0.2) is 17.4 Å². The fourth-order valence-electron chi connectivity index (χ4n) is 1.30. The number of halogens is 1. The van der Waals surface area contributed by atoms with Crippen molar-refractivity contribution < 1.29 is 19.1 Å². The van der Waals surface area contributed by atoms with Gasteiger partial charge in [-0.15, -0.1) is 0 Å². The normalized spacial score (nSPS) is 10.6. The van der Waals surface area contributed by atoms with E-state index in [0.29, 0.717) is 17.4 Å². The van der Waals surface area contributed by atoms with Gasteiger partial charge < -0.3 is 9.90 Å². The van der Waals surface area contributed by atoms with E-state index in [4.69, 9.17) is 5.11 Å². The molecule has 0 aromatic heterocycles. The zero-order valence-electron chi connectivity index (χ0n) is 8.52. The van der Waals surface area contributed by atoms with E-state index in [1.165, 1.54) is 18.2 Å². The summed E-state index contributed by atoms with van der Waals surface area (Å²) >= 11 is 0. The molecule has 3 nitrogen and oxygen atoms in total. The zero-order valence-corrected chi connectivity index (χ0v) is 8.52. The summed E-state index contributed by atoms with van der Waals surface area (Å²) in [6.45, 7) is 0. The molecule has 0 amide bonds. The van der Waals surface area contributed by atoms with Gasteiger partial charge in [-0.2, -0.15) is 0 Å². The first-order valence-electron chi connectivity index (χ1n) is 4.74. The molecule has 0 spiro atoms. The summed E-state index contributed by atoms with van der Waals surface area (Å²) in [6, 6.07) is 3.90. The van der Waals surface area contributed by atoms with E-state index in [0.717, 1.165) is 0 Å². The molecule has 0 radical (unpaired) electrons. The number of carbonyl (C=O) groups is 2. The van der Waals surface area contributed by atoms with Crippen molar-refractivity contribution >= 4 is 18.3 Å². The summed E-state index contributed by atoms with van der Waals surface area (Å²) in [4.78, 5) is 20.7. The monoisotopic (exact) mass is 222 g/mol. The van der Waals surface area contributed by atoms with Crippen molar-refractivity contribution in [2.45, 2.75) is 12.8 Å². The zero-order chi connectivity index (χ0) is 12.0. The van der Waals surface area contributed by atoms with Crippen molar-refractivity contribution in [2.24, 2.45) is 0 Å². The first-order valence-corrected chi connectivity index (χ1v) is 4.74. The molecule has 0 aliphatic rings. The van der Waals surface area contributed by atoms with Gasteiger partial charge in [-0.3, -0.25) is 4.79 Å². The standard InChI is InChI=1S/C12H11FO3/c13-11-5-4-10(8-12(15)16)9(7-11)3-1-2-6-14/h1,3-7H,2,8H2,(H,15,16). The highest BCUT2D eigenvalue weighted by molar-refractivity contribution is 5.72. The second-order valence-corrected chi connectivity index (χ2v) is 3.22. The minimum atomic E-state index is -0.975. The molecule has 1 aromatic rings. The largest absolute Gasteiger partial charge is 0.481 e. The van der Waals surface area contributed by atoms with Crippen molar-refractivity contribution in [3.05, 3.63) is 41.2 Å². The quantitative estimate of drug-likeness (QED) is 0.776. The molecule has 84 valence electrons. The van der Waals surface area contributed by atoms with Crippen molar-refractivity contribution in [3.63, 3.8) is 0 Å². The molecule has 0 heterocycles. The van der Waals surface area contributed by atoms with Gasteiger partial charge in [0.1, 0.15) is 12.1 Å². The molecule has 1 N–H and O–H groups in total. The Balaban J connectivity index is 2.97. The summed E-state index contributed by atoms with van der Waals surface area (Å²) < 4.78 is 12.9. The third-order valence-corrected chi connectivity index (χ3v) is 1.98. The molecule has 0 saturated heterocycles. The third kappa shape index (κ3) is 3.65. The maximum atomic E-state index is 12.9. The van der Waals surface area contributed by atoms with Crippen molar-refractivity contribution in [3.8, 4) is 0 Å². The minimum absolute atomic E-state index is 0.166. The molecule has 1 aromatic carbocycles. The van der Waals surface area contributed by atoms with Gasteiger partial charge in [0, 0.05) is 6.42 Å². The average Bonchev–Trinajstić information content (AvgIpc) is 2.22. The Labute approximate surface area is 92.2 Å². The van der Waals surface area contributed by atoms with Gasteiger partial charge in [-0.1, -0.05) is 18.2 Å². The van der Waals surface area contributed by atoms with Crippen LogP contribution in [0.1, 0.15) is 17.5 Å². The topological polar surface area (TPSA) is 54.4 Å². The van der Waals surface area contributed by atoms with Gasteiger partial charge in [-0.25, -0.2) is 4.39 Å². The number of carboxylic acids is 1. The molecular weight excluding hydrogens is 211 g/mol. The molecule has 0 saturated carbocycles. The molecule has 0 unspecified atom stereocenters. The first-order chi connectivity index (χ1) is 7.63. The lowest BCUT2D eigenvalue weighted by molar-refractivity contribution is -0.136. The lowest BCUT2D eigenvalue weighted by Crippen LogP contribution is -2.02. The van der Waals surface area contributed by atoms with Crippen LogP contribution in [0.3, 0.4) is 0 Å². The Morgan fingerprint density at radius 2 is 2.19 bits per heavy atom. The van der Waals surface area contributed by atoms with Gasteiger partial charge in [0.2, 0.25) is 0 Å². The minimum Gasteiger partial charge on any atom is -0.481 e. The Kier molecular flexibility index (Phi) is 4.39. The smallest absolute Gasteiger partial charge is 0.307 e. The van der Waals surface area contributed by atoms with E-state index < -0.39 is 11.8 Å². The fourth-order valence-corrected chi connectivity index (χ4v) is 1.30. The number of benzene rings is 1. The van der Waals surface area contributed by atoms with Gasteiger partial charge in [0.25, 0.3) is 0 Å². The molecule has 4 heteroatoms. The van der Waals surface area contributed by atoms with Crippen LogP contribution in [0.25, 0.3) is 6.08 Å². The van der Waals surface area contributed by atoms with E-state index in [1.807, 2.05) is 0 Å². The molecule has 0 aliphatic heterocycles. The van der Waals surface area contributed by atoms with Crippen LogP contribution in [0, 0.1) is 5.82 Å². The number of aliphatic carboxylic acids is 1. The Morgan fingerprint density at radius 3 is 2.81 bits per heavy atom. The second-order valence-electron chi connectivity index (χ2n) is 3.22. The van der Waals surface area contributed by atoms with Gasteiger partial charge in [-0.05, 0) is 23.3 Å². The van der Waals surface area contributed by atoms with Crippen molar-refractivity contribution in [1.82, 2.24) is 0 Å². The first kappa shape index (κ1) is 12.1. The van der Waals surface area contributed by atoms with Gasteiger partial charge >= 0.3 is 5.97 Å². The number of hydrogen-bond donors (Lipinski definition) is 1. The summed E-state index contributed by atoms with van der Waals surface area (Å²) in [7, 11) is 0. The van der Waals surface area contributed by atoms with E-state index in [2.05, 4.69) is 0 Å². The number of allylic oxidation sites excluding steroid dienone is 1. The number of carbonyl (C=O) groups excluding carboxylic acids is 1. The summed E-state index contributed by atoms with van der Waals surface area (Å²) in [5.74, 6) is -1.41.